The Balaban J connectivity index is 1.65. The maximum Gasteiger partial charge on any atom is 0.268 e. The van der Waals surface area contributed by atoms with Gasteiger partial charge in [-0.15, -0.1) is 0 Å². The minimum atomic E-state index is -0.698. The highest BCUT2D eigenvalue weighted by Crippen LogP contribution is 2.19. The topological polar surface area (TPSA) is 50.7 Å². The molecule has 1 N–H and O–H groups in total. The number of benzene rings is 2. The maximum atomic E-state index is 13.2. The van der Waals surface area contributed by atoms with E-state index in [2.05, 4.69) is 33.1 Å². The number of nitrogens with one attached hydrogen (secondary N) is 1. The molecule has 0 spiro atoms. The van der Waals surface area contributed by atoms with E-state index in [1.165, 1.54) is 12.1 Å². The van der Waals surface area contributed by atoms with Crippen LogP contribution in [-0.4, -0.2) is 17.7 Å². The first-order valence-corrected chi connectivity index (χ1v) is 7.75. The molecule has 0 aliphatic carbocycles. The number of rotatable bonds is 3. The highest BCUT2D eigenvalue weighted by molar-refractivity contribution is 14.1. The second kappa shape index (κ2) is 6.43. The van der Waals surface area contributed by atoms with Crippen LogP contribution in [0.5, 0.6) is 0 Å². The quantitative estimate of drug-likeness (QED) is 0.787. The van der Waals surface area contributed by atoms with Crippen molar-refractivity contribution in [3.63, 3.8) is 0 Å². The number of carbonyl (C=O) groups excluding carboxylic acids is 1. The summed E-state index contributed by atoms with van der Waals surface area (Å²) < 4.78 is 14.3. The molecule has 0 saturated heterocycles. The zero-order valence-electron chi connectivity index (χ0n) is 11.4. The van der Waals surface area contributed by atoms with Gasteiger partial charge in [0.05, 0.1) is 5.71 Å². The van der Waals surface area contributed by atoms with Gasteiger partial charge in [0.1, 0.15) is 5.82 Å². The summed E-state index contributed by atoms with van der Waals surface area (Å²) in [6, 6.07) is 13.6. The number of hydrogen-bond donors (Lipinski definition) is 1. The van der Waals surface area contributed by atoms with E-state index in [0.717, 1.165) is 3.57 Å². The molecule has 0 saturated carbocycles. The monoisotopic (exact) mass is 410 g/mol. The molecule has 4 nitrogen and oxygen atoms in total. The fourth-order valence-electron chi connectivity index (χ4n) is 2.15. The third kappa shape index (κ3) is 3.44. The molecule has 1 heterocycles. The molecule has 1 aliphatic rings. The van der Waals surface area contributed by atoms with E-state index in [0.29, 0.717) is 23.4 Å². The summed E-state index contributed by atoms with van der Waals surface area (Å²) in [5, 5.41) is 6.69. The van der Waals surface area contributed by atoms with Crippen molar-refractivity contribution in [1.29, 1.82) is 0 Å². The zero-order valence-corrected chi connectivity index (χ0v) is 13.6. The molecule has 0 unspecified atom stereocenters. The molecule has 0 fully saturated rings. The first-order valence-electron chi connectivity index (χ1n) is 6.67. The van der Waals surface area contributed by atoms with Crippen molar-refractivity contribution in [2.45, 2.75) is 12.5 Å². The van der Waals surface area contributed by atoms with Crippen LogP contribution in [0.4, 0.5) is 10.1 Å². The summed E-state index contributed by atoms with van der Waals surface area (Å²) in [4.78, 5) is 17.4. The van der Waals surface area contributed by atoms with Crippen molar-refractivity contribution in [2.24, 2.45) is 5.16 Å². The zero-order chi connectivity index (χ0) is 15.5. The second-order valence-corrected chi connectivity index (χ2v) is 6.09. The predicted molar refractivity (Wildman–Crippen MR) is 90.2 cm³/mol. The Hall–Kier alpha value is -1.96. The van der Waals surface area contributed by atoms with Gasteiger partial charge in [-0.2, -0.15) is 0 Å². The molecule has 0 radical (unpaired) electrons. The standard InChI is InChI=1S/C16H12FIN2O2/c17-11-4-1-3-10(7-11)14-9-15(22-20-14)16(21)19-13-6-2-5-12(18)8-13/h1-8,15H,9H2,(H,19,21)/t15-/m1/s1. The van der Waals surface area contributed by atoms with Crippen molar-refractivity contribution in [3.8, 4) is 0 Å². The Morgan fingerprint density at radius 1 is 1.27 bits per heavy atom. The molecule has 3 rings (SSSR count). The van der Waals surface area contributed by atoms with Gasteiger partial charge in [-0.25, -0.2) is 4.39 Å². The molecule has 112 valence electrons. The fourth-order valence-corrected chi connectivity index (χ4v) is 2.69. The van der Waals surface area contributed by atoms with Crippen LogP contribution >= 0.6 is 22.6 Å². The van der Waals surface area contributed by atoms with Gasteiger partial charge in [0.15, 0.2) is 0 Å². The highest BCUT2D eigenvalue weighted by Gasteiger charge is 2.29. The summed E-state index contributed by atoms with van der Waals surface area (Å²) in [5.74, 6) is -0.607. The largest absolute Gasteiger partial charge is 0.382 e. The van der Waals surface area contributed by atoms with Crippen LogP contribution in [0.1, 0.15) is 12.0 Å². The average Bonchev–Trinajstić information content (AvgIpc) is 2.97. The van der Waals surface area contributed by atoms with Crippen molar-refractivity contribution < 1.29 is 14.0 Å². The lowest BCUT2D eigenvalue weighted by molar-refractivity contribution is -0.125. The molecule has 22 heavy (non-hydrogen) atoms. The van der Waals surface area contributed by atoms with E-state index in [1.807, 2.05) is 24.3 Å². The number of amides is 1. The first-order chi connectivity index (χ1) is 10.6. The number of halogens is 2. The number of carbonyl (C=O) groups is 1. The smallest absolute Gasteiger partial charge is 0.268 e. The summed E-state index contributed by atoms with van der Waals surface area (Å²) >= 11 is 2.17. The Kier molecular flexibility index (Phi) is 4.37. The number of hydrogen-bond acceptors (Lipinski definition) is 3. The molecule has 1 atom stereocenters. The molecule has 2 aromatic carbocycles. The van der Waals surface area contributed by atoms with Gasteiger partial charge in [0.2, 0.25) is 6.10 Å². The van der Waals surface area contributed by atoms with Crippen molar-refractivity contribution in [3.05, 3.63) is 63.5 Å². The maximum absolute atomic E-state index is 13.2. The van der Waals surface area contributed by atoms with Gasteiger partial charge in [0.25, 0.3) is 5.91 Å². The van der Waals surface area contributed by atoms with Crippen molar-refractivity contribution in [1.82, 2.24) is 0 Å². The van der Waals surface area contributed by atoms with Gasteiger partial charge in [-0.1, -0.05) is 23.4 Å². The van der Waals surface area contributed by atoms with Crippen LogP contribution in [0.15, 0.2) is 53.7 Å². The predicted octanol–water partition coefficient (Wildman–Crippen LogP) is 3.56. The minimum Gasteiger partial charge on any atom is -0.382 e. The van der Waals surface area contributed by atoms with Crippen molar-refractivity contribution in [2.75, 3.05) is 5.32 Å². The fraction of sp³-hybridized carbons (Fsp3) is 0.125. The van der Waals surface area contributed by atoms with E-state index in [1.54, 1.807) is 12.1 Å². The second-order valence-electron chi connectivity index (χ2n) is 4.85. The van der Waals surface area contributed by atoms with Crippen molar-refractivity contribution >= 4 is 39.9 Å². The van der Waals surface area contributed by atoms with E-state index >= 15 is 0 Å². The molecular formula is C16H12FIN2O2. The van der Waals surface area contributed by atoms with Crippen LogP contribution < -0.4 is 5.32 Å². The summed E-state index contributed by atoms with van der Waals surface area (Å²) in [5.41, 5.74) is 1.91. The molecule has 0 aromatic heterocycles. The Morgan fingerprint density at radius 3 is 2.86 bits per heavy atom. The lowest BCUT2D eigenvalue weighted by Crippen LogP contribution is -2.28. The normalized spacial score (nSPS) is 16.8. The molecule has 1 aliphatic heterocycles. The van der Waals surface area contributed by atoms with E-state index in [4.69, 9.17) is 4.84 Å². The van der Waals surface area contributed by atoms with E-state index in [9.17, 15) is 9.18 Å². The van der Waals surface area contributed by atoms with Gasteiger partial charge in [-0.3, -0.25) is 4.79 Å². The Morgan fingerprint density at radius 2 is 2.09 bits per heavy atom. The highest BCUT2D eigenvalue weighted by atomic mass is 127. The Labute approximate surface area is 140 Å². The molecule has 2 aromatic rings. The summed E-state index contributed by atoms with van der Waals surface area (Å²) in [7, 11) is 0. The summed E-state index contributed by atoms with van der Waals surface area (Å²) in [6.07, 6.45) is -0.379. The van der Waals surface area contributed by atoms with Gasteiger partial charge in [-0.05, 0) is 52.9 Å². The average molecular weight is 410 g/mol. The molecule has 0 bridgehead atoms. The molecule has 1 amide bonds. The lowest BCUT2D eigenvalue weighted by atomic mass is 10.0. The van der Waals surface area contributed by atoms with Crippen LogP contribution in [0.25, 0.3) is 0 Å². The lowest BCUT2D eigenvalue weighted by Gasteiger charge is -2.09. The number of nitrogens with zero attached hydrogens (tertiary/aromatic N) is 1. The third-order valence-electron chi connectivity index (χ3n) is 3.21. The van der Waals surface area contributed by atoms with E-state index in [-0.39, 0.29) is 11.7 Å². The number of oxime groups is 1. The molecular weight excluding hydrogens is 398 g/mol. The minimum absolute atomic E-state index is 0.267. The first kappa shape index (κ1) is 15.0. The SMILES string of the molecule is O=C(Nc1cccc(I)c1)[C@H]1CC(c2cccc(F)c2)=NO1. The van der Waals surface area contributed by atoms with E-state index < -0.39 is 6.10 Å². The third-order valence-corrected chi connectivity index (χ3v) is 3.88. The molecule has 6 heteroatoms. The Bertz CT molecular complexity index is 748. The van der Waals surface area contributed by atoms with Gasteiger partial charge >= 0.3 is 0 Å². The van der Waals surface area contributed by atoms with Crippen LogP contribution in [-0.2, 0) is 9.63 Å². The summed E-state index contributed by atoms with van der Waals surface area (Å²) in [6.45, 7) is 0. The van der Waals surface area contributed by atoms with Crippen LogP contribution in [0.2, 0.25) is 0 Å². The van der Waals surface area contributed by atoms with Gasteiger partial charge < -0.3 is 10.2 Å². The number of anilines is 1. The van der Waals surface area contributed by atoms with Crippen LogP contribution in [0, 0.1) is 9.39 Å². The van der Waals surface area contributed by atoms with Crippen LogP contribution in [0.3, 0.4) is 0 Å². The van der Waals surface area contributed by atoms with Gasteiger partial charge in [0, 0.05) is 21.2 Å².